The highest BCUT2D eigenvalue weighted by atomic mass is 16.6. The van der Waals surface area contributed by atoms with E-state index in [4.69, 9.17) is 23.7 Å². The number of imide groups is 1. The van der Waals surface area contributed by atoms with E-state index < -0.39 is 35.4 Å². The van der Waals surface area contributed by atoms with E-state index in [1.807, 2.05) is 12.1 Å². The molecule has 2 aliphatic heterocycles. The first-order valence-electron chi connectivity index (χ1n) is 13.4. The van der Waals surface area contributed by atoms with E-state index in [1.165, 1.54) is 7.11 Å². The predicted octanol–water partition coefficient (Wildman–Crippen LogP) is 3.62. The number of benzene rings is 1. The van der Waals surface area contributed by atoms with Crippen molar-refractivity contribution in [2.45, 2.75) is 65.2 Å². The van der Waals surface area contributed by atoms with Crippen LogP contribution in [0, 0.1) is 0 Å². The topological polar surface area (TPSA) is 107 Å². The first-order chi connectivity index (χ1) is 18.3. The molecule has 2 heterocycles. The summed E-state index contributed by atoms with van der Waals surface area (Å²) in [5.41, 5.74) is 0.896. The lowest BCUT2D eigenvalue weighted by atomic mass is 10.0. The van der Waals surface area contributed by atoms with Gasteiger partial charge >= 0.3 is 18.2 Å². The van der Waals surface area contributed by atoms with Crippen LogP contribution >= 0.6 is 0 Å². The van der Waals surface area contributed by atoms with Gasteiger partial charge in [0.25, 0.3) is 0 Å². The lowest BCUT2D eigenvalue weighted by molar-refractivity contribution is -0.146. The molecule has 0 aromatic heterocycles. The van der Waals surface area contributed by atoms with Crippen molar-refractivity contribution in [3.8, 4) is 0 Å². The van der Waals surface area contributed by atoms with E-state index in [1.54, 1.807) is 41.5 Å². The highest BCUT2D eigenvalue weighted by molar-refractivity contribution is 5.94. The van der Waals surface area contributed by atoms with Crippen molar-refractivity contribution < 1.29 is 38.1 Å². The second kappa shape index (κ2) is 12.9. The second-order valence-corrected chi connectivity index (χ2v) is 11.6. The number of nitrogens with zero attached hydrogens (tertiary/aromatic N) is 3. The molecule has 0 N–H and O–H groups in total. The molecule has 11 heteroatoms. The first kappa shape index (κ1) is 30.5. The van der Waals surface area contributed by atoms with Gasteiger partial charge in [0.1, 0.15) is 17.2 Å². The standard InChI is InChI=1S/C28H43N3O8/c1-27(2,3)38-25(33)31(26(34)39-28(4,5)6)23(24(32)35-7)18-20-16-21(29-8-12-36-13-9-29)19-22(17-20)30-10-14-37-15-11-30/h16-17,19,23H,8-15,18H2,1-7H3. The molecular weight excluding hydrogens is 506 g/mol. The molecule has 1 atom stereocenters. The molecule has 11 nitrogen and oxygen atoms in total. The number of carbonyl (C=O) groups is 3. The van der Waals surface area contributed by atoms with Gasteiger partial charge in [-0.15, -0.1) is 0 Å². The van der Waals surface area contributed by atoms with Crippen LogP contribution in [-0.4, -0.2) is 100 Å². The molecule has 2 fully saturated rings. The Bertz CT molecular complexity index is 941. The number of anilines is 2. The van der Waals surface area contributed by atoms with Crippen LogP contribution in [-0.2, 0) is 34.9 Å². The number of ether oxygens (including phenoxy) is 5. The number of morpholine rings is 2. The number of hydrogen-bond acceptors (Lipinski definition) is 10. The zero-order chi connectivity index (χ0) is 28.8. The predicted molar refractivity (Wildman–Crippen MR) is 146 cm³/mol. The largest absolute Gasteiger partial charge is 0.467 e. The van der Waals surface area contributed by atoms with Gasteiger partial charge in [-0.2, -0.15) is 4.90 Å². The Morgan fingerprint density at radius 3 is 1.56 bits per heavy atom. The van der Waals surface area contributed by atoms with Gasteiger partial charge in [-0.3, -0.25) is 0 Å². The zero-order valence-corrected chi connectivity index (χ0v) is 24.3. The molecule has 0 spiro atoms. The Balaban J connectivity index is 2.03. The second-order valence-electron chi connectivity index (χ2n) is 11.6. The average Bonchev–Trinajstić information content (AvgIpc) is 2.86. The highest BCUT2D eigenvalue weighted by Crippen LogP contribution is 2.29. The Morgan fingerprint density at radius 2 is 1.21 bits per heavy atom. The van der Waals surface area contributed by atoms with E-state index in [2.05, 4.69) is 15.9 Å². The Morgan fingerprint density at radius 1 is 0.795 bits per heavy atom. The van der Waals surface area contributed by atoms with Crippen LogP contribution in [0.4, 0.5) is 21.0 Å². The summed E-state index contributed by atoms with van der Waals surface area (Å²) < 4.78 is 27.2. The molecule has 0 aliphatic carbocycles. The minimum absolute atomic E-state index is 0.0146. The van der Waals surface area contributed by atoms with E-state index in [0.29, 0.717) is 26.4 Å². The summed E-state index contributed by atoms with van der Waals surface area (Å²) >= 11 is 0. The summed E-state index contributed by atoms with van der Waals surface area (Å²) in [4.78, 5) is 45.0. The Kier molecular flexibility index (Phi) is 10.1. The molecule has 1 unspecified atom stereocenters. The van der Waals surface area contributed by atoms with Gasteiger partial charge < -0.3 is 33.5 Å². The fourth-order valence-corrected chi connectivity index (χ4v) is 4.37. The summed E-state index contributed by atoms with van der Waals surface area (Å²) in [6.45, 7) is 15.5. The van der Waals surface area contributed by atoms with Gasteiger partial charge in [0.15, 0.2) is 0 Å². The SMILES string of the molecule is COC(=O)C(Cc1cc(N2CCOCC2)cc(N2CCOCC2)c1)N(C(=O)OC(C)(C)C)C(=O)OC(C)(C)C. The van der Waals surface area contributed by atoms with Crippen molar-refractivity contribution >= 4 is 29.5 Å². The van der Waals surface area contributed by atoms with E-state index in [0.717, 1.165) is 48.0 Å². The van der Waals surface area contributed by atoms with Gasteiger partial charge in [-0.25, -0.2) is 14.4 Å². The van der Waals surface area contributed by atoms with Crippen LogP contribution in [0.15, 0.2) is 18.2 Å². The Labute approximate surface area is 231 Å². The minimum atomic E-state index is -1.31. The van der Waals surface area contributed by atoms with Crippen LogP contribution in [0.25, 0.3) is 0 Å². The fraction of sp³-hybridized carbons (Fsp3) is 0.679. The Hall–Kier alpha value is -3.05. The maximum atomic E-state index is 13.3. The number of esters is 1. The van der Waals surface area contributed by atoms with Crippen molar-refractivity contribution in [2.24, 2.45) is 0 Å². The van der Waals surface area contributed by atoms with Crippen molar-refractivity contribution in [1.29, 1.82) is 0 Å². The fourth-order valence-electron chi connectivity index (χ4n) is 4.37. The van der Waals surface area contributed by atoms with E-state index in [9.17, 15) is 14.4 Å². The molecule has 2 aliphatic rings. The molecule has 0 bridgehead atoms. The summed E-state index contributed by atoms with van der Waals surface area (Å²) in [5, 5.41) is 0. The van der Waals surface area contributed by atoms with Crippen LogP contribution in [0.2, 0.25) is 0 Å². The smallest absolute Gasteiger partial charge is 0.420 e. The number of carbonyl (C=O) groups excluding carboxylic acids is 3. The summed E-state index contributed by atoms with van der Waals surface area (Å²) in [5.74, 6) is -0.753. The quantitative estimate of drug-likeness (QED) is 0.386. The van der Waals surface area contributed by atoms with Crippen LogP contribution in [0.3, 0.4) is 0 Å². The third-order valence-electron chi connectivity index (χ3n) is 6.11. The normalized spacial score (nSPS) is 17.3. The number of hydrogen-bond donors (Lipinski definition) is 0. The summed E-state index contributed by atoms with van der Waals surface area (Å²) in [6, 6.07) is 4.77. The van der Waals surface area contributed by atoms with Gasteiger partial charge in [0.2, 0.25) is 0 Å². The maximum absolute atomic E-state index is 13.3. The summed E-state index contributed by atoms with van der Waals surface area (Å²) in [7, 11) is 1.22. The average molecular weight is 550 g/mol. The highest BCUT2D eigenvalue weighted by Gasteiger charge is 2.41. The van der Waals surface area contributed by atoms with Crippen molar-refractivity contribution in [3.05, 3.63) is 23.8 Å². The third-order valence-corrected chi connectivity index (χ3v) is 6.11. The van der Waals surface area contributed by atoms with Crippen LogP contribution in [0.1, 0.15) is 47.1 Å². The maximum Gasteiger partial charge on any atom is 0.420 e. The monoisotopic (exact) mass is 549 g/mol. The van der Waals surface area contributed by atoms with Gasteiger partial charge in [0, 0.05) is 44.0 Å². The molecule has 1 aromatic carbocycles. The molecule has 2 amide bonds. The van der Waals surface area contributed by atoms with Crippen LogP contribution in [0.5, 0.6) is 0 Å². The molecule has 39 heavy (non-hydrogen) atoms. The number of rotatable bonds is 6. The molecular formula is C28H43N3O8. The lowest BCUT2D eigenvalue weighted by Gasteiger charge is -2.34. The minimum Gasteiger partial charge on any atom is -0.467 e. The van der Waals surface area contributed by atoms with E-state index >= 15 is 0 Å². The lowest BCUT2D eigenvalue weighted by Crippen LogP contribution is -2.53. The number of amides is 2. The molecule has 0 saturated carbocycles. The molecule has 2 saturated heterocycles. The zero-order valence-electron chi connectivity index (χ0n) is 24.3. The van der Waals surface area contributed by atoms with Gasteiger partial charge in [-0.05, 0) is 65.3 Å². The van der Waals surface area contributed by atoms with E-state index in [-0.39, 0.29) is 6.42 Å². The molecule has 0 radical (unpaired) electrons. The first-order valence-corrected chi connectivity index (χ1v) is 13.4. The van der Waals surface area contributed by atoms with Gasteiger partial charge in [-0.1, -0.05) is 0 Å². The summed E-state index contributed by atoms with van der Waals surface area (Å²) in [6.07, 6.45) is -1.95. The molecule has 1 aromatic rings. The third kappa shape index (κ3) is 8.99. The molecule has 3 rings (SSSR count). The van der Waals surface area contributed by atoms with Gasteiger partial charge in [0.05, 0.1) is 33.5 Å². The van der Waals surface area contributed by atoms with Crippen molar-refractivity contribution in [3.63, 3.8) is 0 Å². The van der Waals surface area contributed by atoms with Crippen LogP contribution < -0.4 is 9.80 Å². The van der Waals surface area contributed by atoms with Crippen molar-refractivity contribution in [1.82, 2.24) is 4.90 Å². The number of methoxy groups -OCH3 is 1. The molecule has 218 valence electrons. The van der Waals surface area contributed by atoms with Crippen molar-refractivity contribution in [2.75, 3.05) is 69.5 Å².